The summed E-state index contributed by atoms with van der Waals surface area (Å²) in [5.41, 5.74) is 6.91. The van der Waals surface area contributed by atoms with Gasteiger partial charge in [-0.2, -0.15) is 0 Å². The Morgan fingerprint density at radius 3 is 2.80 bits per heavy atom. The SMILES string of the molecule is NC1C=C(c2ccc(F)cc2F)CNC1. The van der Waals surface area contributed by atoms with Crippen LogP contribution < -0.4 is 11.1 Å². The van der Waals surface area contributed by atoms with E-state index in [1.807, 2.05) is 6.08 Å². The summed E-state index contributed by atoms with van der Waals surface area (Å²) < 4.78 is 26.1. The zero-order valence-corrected chi connectivity index (χ0v) is 8.13. The van der Waals surface area contributed by atoms with E-state index in [1.54, 1.807) is 0 Å². The molecule has 0 saturated carbocycles. The van der Waals surface area contributed by atoms with E-state index < -0.39 is 11.6 Å². The van der Waals surface area contributed by atoms with Crippen molar-refractivity contribution >= 4 is 5.57 Å². The van der Waals surface area contributed by atoms with Crippen molar-refractivity contribution in [3.05, 3.63) is 41.5 Å². The van der Waals surface area contributed by atoms with Crippen molar-refractivity contribution in [1.82, 2.24) is 5.32 Å². The second-order valence-electron chi connectivity index (χ2n) is 3.61. The van der Waals surface area contributed by atoms with Gasteiger partial charge in [0.15, 0.2) is 0 Å². The second kappa shape index (κ2) is 4.08. The highest BCUT2D eigenvalue weighted by molar-refractivity contribution is 5.68. The van der Waals surface area contributed by atoms with Gasteiger partial charge in [-0.25, -0.2) is 8.78 Å². The zero-order chi connectivity index (χ0) is 10.8. The van der Waals surface area contributed by atoms with Gasteiger partial charge in [0.1, 0.15) is 11.6 Å². The molecule has 1 aromatic rings. The third kappa shape index (κ3) is 2.22. The number of nitrogens with one attached hydrogen (secondary N) is 1. The lowest BCUT2D eigenvalue weighted by Crippen LogP contribution is -2.37. The van der Waals surface area contributed by atoms with E-state index in [9.17, 15) is 8.78 Å². The van der Waals surface area contributed by atoms with E-state index >= 15 is 0 Å². The minimum atomic E-state index is -0.565. The number of rotatable bonds is 1. The molecule has 0 saturated heterocycles. The molecular weight excluding hydrogens is 198 g/mol. The lowest BCUT2D eigenvalue weighted by atomic mass is 10.00. The quantitative estimate of drug-likeness (QED) is 0.732. The maximum Gasteiger partial charge on any atom is 0.133 e. The predicted octanol–water partition coefficient (Wildman–Crippen LogP) is 1.28. The summed E-state index contributed by atoms with van der Waals surface area (Å²) in [6, 6.07) is 3.46. The van der Waals surface area contributed by atoms with Crippen molar-refractivity contribution in [1.29, 1.82) is 0 Å². The Bertz CT molecular complexity index is 402. The first-order chi connectivity index (χ1) is 7.16. The van der Waals surface area contributed by atoms with Gasteiger partial charge in [0.05, 0.1) is 0 Å². The molecule has 1 aliphatic heterocycles. The molecule has 0 amide bonds. The van der Waals surface area contributed by atoms with Crippen molar-refractivity contribution in [3.63, 3.8) is 0 Å². The maximum absolute atomic E-state index is 13.4. The van der Waals surface area contributed by atoms with Crippen LogP contribution in [0.25, 0.3) is 5.57 Å². The summed E-state index contributed by atoms with van der Waals surface area (Å²) in [6.45, 7) is 1.25. The minimum absolute atomic E-state index is 0.113. The molecule has 1 aromatic carbocycles. The van der Waals surface area contributed by atoms with E-state index in [4.69, 9.17) is 5.73 Å². The molecule has 3 N–H and O–H groups in total. The van der Waals surface area contributed by atoms with E-state index in [2.05, 4.69) is 5.32 Å². The van der Waals surface area contributed by atoms with Gasteiger partial charge in [-0.3, -0.25) is 0 Å². The normalized spacial score (nSPS) is 21.3. The Kier molecular flexibility index (Phi) is 2.79. The van der Waals surface area contributed by atoms with Crippen molar-refractivity contribution < 1.29 is 8.78 Å². The lowest BCUT2D eigenvalue weighted by Gasteiger charge is -2.19. The highest BCUT2D eigenvalue weighted by atomic mass is 19.1. The summed E-state index contributed by atoms with van der Waals surface area (Å²) in [4.78, 5) is 0. The second-order valence-corrected chi connectivity index (χ2v) is 3.61. The van der Waals surface area contributed by atoms with Crippen molar-refractivity contribution in [2.75, 3.05) is 13.1 Å². The van der Waals surface area contributed by atoms with E-state index in [0.717, 1.165) is 11.6 Å². The number of halogens is 2. The van der Waals surface area contributed by atoms with Gasteiger partial charge in [0.25, 0.3) is 0 Å². The van der Waals surface area contributed by atoms with Crippen molar-refractivity contribution in [3.8, 4) is 0 Å². The van der Waals surface area contributed by atoms with Crippen LogP contribution in [0, 0.1) is 11.6 Å². The first-order valence-electron chi connectivity index (χ1n) is 4.79. The molecule has 0 spiro atoms. The average Bonchev–Trinajstić information content (AvgIpc) is 2.17. The van der Waals surface area contributed by atoms with Crippen molar-refractivity contribution in [2.24, 2.45) is 5.73 Å². The molecule has 2 rings (SSSR count). The molecule has 0 fully saturated rings. The first kappa shape index (κ1) is 10.3. The van der Waals surface area contributed by atoms with Crippen LogP contribution in [0.5, 0.6) is 0 Å². The van der Waals surface area contributed by atoms with Gasteiger partial charge in [-0.15, -0.1) is 0 Å². The Hall–Kier alpha value is -1.26. The van der Waals surface area contributed by atoms with Crippen LogP contribution in [0.15, 0.2) is 24.3 Å². The highest BCUT2D eigenvalue weighted by Crippen LogP contribution is 2.20. The smallest absolute Gasteiger partial charge is 0.133 e. The van der Waals surface area contributed by atoms with Gasteiger partial charge in [-0.1, -0.05) is 6.08 Å². The largest absolute Gasteiger partial charge is 0.323 e. The Morgan fingerprint density at radius 2 is 2.13 bits per heavy atom. The van der Waals surface area contributed by atoms with Gasteiger partial charge >= 0.3 is 0 Å². The van der Waals surface area contributed by atoms with Gasteiger partial charge in [0.2, 0.25) is 0 Å². The summed E-state index contributed by atoms with van der Waals surface area (Å²) in [5, 5.41) is 3.07. The molecule has 0 radical (unpaired) electrons. The van der Waals surface area contributed by atoms with Gasteiger partial charge < -0.3 is 11.1 Å². The third-order valence-corrected chi connectivity index (χ3v) is 2.39. The molecule has 4 heteroatoms. The molecule has 2 nitrogen and oxygen atoms in total. The van der Waals surface area contributed by atoms with Crippen LogP contribution in [0.4, 0.5) is 8.78 Å². The number of hydrogen-bond donors (Lipinski definition) is 2. The summed E-state index contributed by atoms with van der Waals surface area (Å²) in [5.74, 6) is -1.11. The number of nitrogens with two attached hydrogens (primary N) is 1. The molecule has 1 heterocycles. The summed E-state index contributed by atoms with van der Waals surface area (Å²) in [6.07, 6.45) is 1.81. The van der Waals surface area contributed by atoms with Crippen LogP contribution >= 0.6 is 0 Å². The average molecular weight is 210 g/mol. The molecule has 0 aromatic heterocycles. The molecule has 15 heavy (non-hydrogen) atoms. The van der Waals surface area contributed by atoms with Gasteiger partial charge in [-0.05, 0) is 17.7 Å². The third-order valence-electron chi connectivity index (χ3n) is 2.39. The zero-order valence-electron chi connectivity index (χ0n) is 8.13. The van der Waals surface area contributed by atoms with Crippen LogP contribution in [0.2, 0.25) is 0 Å². The molecule has 0 aliphatic carbocycles. The number of hydrogen-bond acceptors (Lipinski definition) is 2. The summed E-state index contributed by atoms with van der Waals surface area (Å²) in [7, 11) is 0. The molecule has 1 aliphatic rings. The Balaban J connectivity index is 2.37. The topological polar surface area (TPSA) is 38.0 Å². The molecular formula is C11H12F2N2. The Morgan fingerprint density at radius 1 is 1.33 bits per heavy atom. The number of benzene rings is 1. The fraction of sp³-hybridized carbons (Fsp3) is 0.273. The van der Waals surface area contributed by atoms with Gasteiger partial charge in [0, 0.05) is 30.8 Å². The fourth-order valence-electron chi connectivity index (χ4n) is 1.68. The minimum Gasteiger partial charge on any atom is -0.323 e. The predicted molar refractivity (Wildman–Crippen MR) is 55.2 cm³/mol. The van der Waals surface area contributed by atoms with Crippen LogP contribution in [0.3, 0.4) is 0 Å². The molecule has 0 bridgehead atoms. The monoisotopic (exact) mass is 210 g/mol. The van der Waals surface area contributed by atoms with Crippen LogP contribution in [0.1, 0.15) is 5.56 Å². The van der Waals surface area contributed by atoms with Crippen LogP contribution in [-0.2, 0) is 0 Å². The van der Waals surface area contributed by atoms with E-state index in [-0.39, 0.29) is 6.04 Å². The van der Waals surface area contributed by atoms with Crippen molar-refractivity contribution in [2.45, 2.75) is 6.04 Å². The summed E-state index contributed by atoms with van der Waals surface area (Å²) >= 11 is 0. The lowest BCUT2D eigenvalue weighted by molar-refractivity contribution is 0.578. The van der Waals surface area contributed by atoms with Crippen LogP contribution in [-0.4, -0.2) is 19.1 Å². The standard InChI is InChI=1S/C11H12F2N2/c12-8-1-2-10(11(13)4-8)7-3-9(14)6-15-5-7/h1-4,9,15H,5-6,14H2. The first-order valence-corrected chi connectivity index (χ1v) is 4.79. The fourth-order valence-corrected chi connectivity index (χ4v) is 1.68. The maximum atomic E-state index is 13.4. The van der Waals surface area contributed by atoms with E-state index in [1.165, 1.54) is 12.1 Å². The Labute approximate surface area is 86.8 Å². The highest BCUT2D eigenvalue weighted by Gasteiger charge is 2.14. The molecule has 1 atom stereocenters. The molecule has 1 unspecified atom stereocenters. The van der Waals surface area contributed by atoms with E-state index in [0.29, 0.717) is 18.7 Å². The molecule has 80 valence electrons.